The van der Waals surface area contributed by atoms with Gasteiger partial charge in [0.2, 0.25) is 5.90 Å². The van der Waals surface area contributed by atoms with Gasteiger partial charge >= 0.3 is 19.2 Å². The third-order valence-corrected chi connectivity index (χ3v) is 3.95. The van der Waals surface area contributed by atoms with Crippen LogP contribution in [0.5, 0.6) is 23.0 Å². The van der Waals surface area contributed by atoms with Gasteiger partial charge in [-0.2, -0.15) is 17.6 Å². The first-order valence-corrected chi connectivity index (χ1v) is 8.59. The molecule has 1 heterocycles. The highest BCUT2D eigenvalue weighted by atomic mass is 19.3. The Kier molecular flexibility index (Phi) is 6.63. The molecule has 2 aromatic carbocycles. The number of benzene rings is 2. The summed E-state index contributed by atoms with van der Waals surface area (Å²) in [4.78, 5) is 16.3. The second-order valence-corrected chi connectivity index (χ2v) is 5.87. The predicted octanol–water partition coefficient (Wildman–Crippen LogP) is 4.25. The summed E-state index contributed by atoms with van der Waals surface area (Å²) in [7, 11) is 2.54. The second kappa shape index (κ2) is 9.37. The van der Waals surface area contributed by atoms with Crippen molar-refractivity contribution in [1.29, 1.82) is 0 Å². The van der Waals surface area contributed by atoms with Crippen LogP contribution in [0.2, 0.25) is 0 Å². The van der Waals surface area contributed by atoms with Gasteiger partial charge in [-0.25, -0.2) is 9.79 Å². The lowest BCUT2D eigenvalue weighted by molar-refractivity contribution is -0.129. The lowest BCUT2D eigenvalue weighted by Gasteiger charge is -2.10. The number of halogens is 4. The van der Waals surface area contributed by atoms with E-state index in [9.17, 15) is 22.4 Å². The predicted molar refractivity (Wildman–Crippen MR) is 99.9 cm³/mol. The molecule has 0 fully saturated rings. The second-order valence-electron chi connectivity index (χ2n) is 5.87. The third-order valence-electron chi connectivity index (χ3n) is 3.95. The normalized spacial score (nSPS) is 14.6. The maximum atomic E-state index is 12.5. The first-order chi connectivity index (χ1) is 14.8. The summed E-state index contributed by atoms with van der Waals surface area (Å²) in [5.41, 5.74) is 0.619. The summed E-state index contributed by atoms with van der Waals surface area (Å²) in [5, 5.41) is 0. The summed E-state index contributed by atoms with van der Waals surface area (Å²) >= 11 is 0. The highest BCUT2D eigenvalue weighted by Gasteiger charge is 2.25. The van der Waals surface area contributed by atoms with Crippen LogP contribution in [0.4, 0.5) is 17.6 Å². The Bertz CT molecular complexity index is 1040. The van der Waals surface area contributed by atoms with Gasteiger partial charge in [0, 0.05) is 5.56 Å². The maximum absolute atomic E-state index is 12.5. The molecular formula is C20H15F4NO6. The zero-order valence-corrected chi connectivity index (χ0v) is 16.1. The highest BCUT2D eigenvalue weighted by molar-refractivity contribution is 6.13. The minimum Gasteiger partial charge on any atom is -0.493 e. The average molecular weight is 441 g/mol. The zero-order chi connectivity index (χ0) is 22.5. The topological polar surface area (TPSA) is 75.6 Å². The van der Waals surface area contributed by atoms with Gasteiger partial charge in [0.05, 0.1) is 14.2 Å². The molecule has 0 spiro atoms. The molecular weight excluding hydrogens is 426 g/mol. The largest absolute Gasteiger partial charge is 0.493 e. The van der Waals surface area contributed by atoms with E-state index in [2.05, 4.69) is 14.5 Å². The lowest BCUT2D eigenvalue weighted by atomic mass is 10.1. The van der Waals surface area contributed by atoms with Gasteiger partial charge < -0.3 is 23.7 Å². The highest BCUT2D eigenvalue weighted by Crippen LogP contribution is 2.32. The van der Waals surface area contributed by atoms with Crippen LogP contribution in [0.15, 0.2) is 47.1 Å². The van der Waals surface area contributed by atoms with E-state index in [1.54, 1.807) is 0 Å². The quantitative estimate of drug-likeness (QED) is 0.346. The fourth-order valence-corrected chi connectivity index (χ4v) is 2.65. The van der Waals surface area contributed by atoms with Gasteiger partial charge in [0.1, 0.15) is 0 Å². The summed E-state index contributed by atoms with van der Waals surface area (Å²) in [6.07, 6.45) is 1.36. The molecule has 0 aromatic heterocycles. The van der Waals surface area contributed by atoms with Crippen LogP contribution in [0.25, 0.3) is 6.08 Å². The van der Waals surface area contributed by atoms with Crippen LogP contribution in [0.3, 0.4) is 0 Å². The van der Waals surface area contributed by atoms with Crippen LogP contribution < -0.4 is 18.9 Å². The standard InChI is InChI=1S/C20H15F4NO6/c1-27-15-8-10(3-5-13(15)29-19(21)22)7-12-18(26)31-17(25-12)11-4-6-14(30-20(23)24)16(9-11)28-2/h3-9,19-20H,1-2H3/b12-7-. The van der Waals surface area contributed by atoms with Crippen LogP contribution >= 0.6 is 0 Å². The molecule has 0 saturated carbocycles. The molecule has 0 radical (unpaired) electrons. The molecule has 164 valence electrons. The zero-order valence-electron chi connectivity index (χ0n) is 16.1. The molecule has 1 aliphatic heterocycles. The maximum Gasteiger partial charge on any atom is 0.387 e. The van der Waals surface area contributed by atoms with E-state index in [1.165, 1.54) is 56.7 Å². The van der Waals surface area contributed by atoms with E-state index in [0.29, 0.717) is 5.56 Å². The number of cyclic esters (lactones) is 1. The number of rotatable bonds is 8. The number of carbonyl (C=O) groups is 1. The van der Waals surface area contributed by atoms with Crippen LogP contribution in [-0.4, -0.2) is 39.3 Å². The van der Waals surface area contributed by atoms with Crippen molar-refractivity contribution in [3.05, 3.63) is 53.2 Å². The molecule has 2 aromatic rings. The summed E-state index contributed by atoms with van der Waals surface area (Å²) in [6, 6.07) is 7.99. The Hall–Kier alpha value is -3.76. The molecule has 0 saturated heterocycles. The Morgan fingerprint density at radius 1 is 0.871 bits per heavy atom. The van der Waals surface area contributed by atoms with E-state index in [-0.39, 0.29) is 40.2 Å². The molecule has 0 atom stereocenters. The fraction of sp³-hybridized carbons (Fsp3) is 0.200. The molecule has 0 bridgehead atoms. The van der Waals surface area contributed by atoms with Gasteiger partial charge in [-0.05, 0) is 42.0 Å². The molecule has 0 amide bonds. The Morgan fingerprint density at radius 2 is 1.45 bits per heavy atom. The number of ether oxygens (including phenoxy) is 5. The minimum atomic E-state index is -3.04. The van der Waals surface area contributed by atoms with Crippen LogP contribution in [0, 0.1) is 0 Å². The third kappa shape index (κ3) is 5.24. The van der Waals surface area contributed by atoms with Crippen LogP contribution in [0.1, 0.15) is 11.1 Å². The van der Waals surface area contributed by atoms with Crippen molar-refractivity contribution in [2.75, 3.05) is 14.2 Å². The van der Waals surface area contributed by atoms with Gasteiger partial charge in [0.25, 0.3) is 0 Å². The number of esters is 1. The summed E-state index contributed by atoms with van der Waals surface area (Å²) < 4.78 is 73.6. The summed E-state index contributed by atoms with van der Waals surface area (Å²) in [6.45, 7) is -6.06. The summed E-state index contributed by atoms with van der Waals surface area (Å²) in [5.74, 6) is -1.19. The average Bonchev–Trinajstić information content (AvgIpc) is 3.08. The molecule has 7 nitrogen and oxygen atoms in total. The van der Waals surface area contributed by atoms with Gasteiger partial charge in [-0.3, -0.25) is 0 Å². The fourth-order valence-electron chi connectivity index (χ4n) is 2.65. The number of carbonyl (C=O) groups excluding carboxylic acids is 1. The number of nitrogens with zero attached hydrogens (tertiary/aromatic N) is 1. The van der Waals surface area contributed by atoms with Crippen molar-refractivity contribution in [2.24, 2.45) is 4.99 Å². The van der Waals surface area contributed by atoms with E-state index >= 15 is 0 Å². The monoisotopic (exact) mass is 441 g/mol. The minimum absolute atomic E-state index is 0.00617. The SMILES string of the molecule is COc1cc(/C=C2\N=C(c3ccc(OC(F)F)c(OC)c3)OC2=O)ccc1OC(F)F. The van der Waals surface area contributed by atoms with Crippen molar-refractivity contribution in [3.63, 3.8) is 0 Å². The van der Waals surface area contributed by atoms with Gasteiger partial charge in [-0.1, -0.05) is 6.07 Å². The Morgan fingerprint density at radius 3 is 2.03 bits per heavy atom. The number of hydrogen-bond donors (Lipinski definition) is 0. The lowest BCUT2D eigenvalue weighted by Crippen LogP contribution is -2.07. The number of aliphatic imine (C=N–C) groups is 1. The first kappa shape index (κ1) is 21.9. The van der Waals surface area contributed by atoms with Crippen molar-refractivity contribution >= 4 is 17.9 Å². The molecule has 31 heavy (non-hydrogen) atoms. The molecule has 3 rings (SSSR count). The van der Waals surface area contributed by atoms with E-state index in [1.807, 2.05) is 0 Å². The molecule has 11 heteroatoms. The van der Waals surface area contributed by atoms with Crippen molar-refractivity contribution in [3.8, 4) is 23.0 Å². The molecule has 1 aliphatic rings. The smallest absolute Gasteiger partial charge is 0.387 e. The first-order valence-electron chi connectivity index (χ1n) is 8.59. The van der Waals surface area contributed by atoms with Crippen molar-refractivity contribution in [1.82, 2.24) is 0 Å². The van der Waals surface area contributed by atoms with E-state index < -0.39 is 19.2 Å². The van der Waals surface area contributed by atoms with E-state index in [0.717, 1.165) is 0 Å². The van der Waals surface area contributed by atoms with Crippen molar-refractivity contribution < 1.29 is 46.0 Å². The number of alkyl halides is 4. The Labute approximate surface area is 173 Å². The number of methoxy groups -OCH3 is 2. The van der Waals surface area contributed by atoms with Crippen molar-refractivity contribution in [2.45, 2.75) is 13.2 Å². The Balaban J connectivity index is 1.89. The number of hydrogen-bond acceptors (Lipinski definition) is 7. The molecule has 0 N–H and O–H groups in total. The molecule has 0 aliphatic carbocycles. The molecule has 0 unspecified atom stereocenters. The van der Waals surface area contributed by atoms with Gasteiger partial charge in [-0.15, -0.1) is 0 Å². The van der Waals surface area contributed by atoms with Crippen LogP contribution in [-0.2, 0) is 9.53 Å². The van der Waals surface area contributed by atoms with E-state index in [4.69, 9.17) is 14.2 Å². The van der Waals surface area contributed by atoms with Gasteiger partial charge in [0.15, 0.2) is 28.7 Å².